The van der Waals surface area contributed by atoms with Crippen LogP contribution in [0.15, 0.2) is 36.5 Å². The standard InChI is InChI=1S/C60H113NO5/c1-3-5-7-9-11-13-15-16-30-34-38-42-46-50-54-60(65)66-55-51-47-43-39-35-31-28-26-24-22-20-18-17-19-21-23-25-27-29-33-37-41-45-49-53-59(64)61-57(56-62)58(63)52-48-44-40-36-32-14-12-10-8-6-4-2/h9,11,15-16,48,52,57-58,62-63H,3-8,10,12-14,17-47,49-51,53-56H2,1-2H3,(H,61,64)/b11-9-,16-15-,52-48+. The van der Waals surface area contributed by atoms with E-state index in [4.69, 9.17) is 4.74 Å². The zero-order valence-corrected chi connectivity index (χ0v) is 44.2. The molecule has 6 nitrogen and oxygen atoms in total. The molecule has 0 fully saturated rings. The highest BCUT2D eigenvalue weighted by Gasteiger charge is 2.18. The van der Waals surface area contributed by atoms with E-state index >= 15 is 0 Å². The summed E-state index contributed by atoms with van der Waals surface area (Å²) in [6.07, 6.45) is 68.9. The van der Waals surface area contributed by atoms with Gasteiger partial charge in [0.2, 0.25) is 5.91 Å². The number of allylic oxidation sites excluding steroid dienone is 5. The van der Waals surface area contributed by atoms with Gasteiger partial charge in [-0.2, -0.15) is 0 Å². The van der Waals surface area contributed by atoms with Crippen molar-refractivity contribution in [3.8, 4) is 0 Å². The van der Waals surface area contributed by atoms with Crippen molar-refractivity contribution in [1.82, 2.24) is 5.32 Å². The van der Waals surface area contributed by atoms with Crippen molar-refractivity contribution in [3.63, 3.8) is 0 Å². The number of carbonyl (C=O) groups excluding carboxylic acids is 2. The molecule has 0 aliphatic carbocycles. The van der Waals surface area contributed by atoms with Gasteiger partial charge < -0.3 is 20.3 Å². The lowest BCUT2D eigenvalue weighted by Crippen LogP contribution is -2.45. The maximum Gasteiger partial charge on any atom is 0.305 e. The lowest BCUT2D eigenvalue weighted by Gasteiger charge is -2.20. The fourth-order valence-corrected chi connectivity index (χ4v) is 8.89. The fourth-order valence-electron chi connectivity index (χ4n) is 8.89. The molecule has 0 aliphatic heterocycles. The number of amides is 1. The number of ether oxygens (including phenoxy) is 1. The number of hydrogen-bond donors (Lipinski definition) is 3. The molecule has 0 radical (unpaired) electrons. The number of nitrogens with one attached hydrogen (secondary N) is 1. The third-order valence-corrected chi connectivity index (χ3v) is 13.4. The number of unbranched alkanes of at least 4 members (excludes halogenated alkanes) is 39. The largest absolute Gasteiger partial charge is 0.466 e. The summed E-state index contributed by atoms with van der Waals surface area (Å²) in [5.74, 6) is -0.0681. The first-order chi connectivity index (χ1) is 32.5. The van der Waals surface area contributed by atoms with Gasteiger partial charge in [0.25, 0.3) is 0 Å². The highest BCUT2D eigenvalue weighted by molar-refractivity contribution is 5.76. The van der Waals surface area contributed by atoms with Crippen molar-refractivity contribution in [2.24, 2.45) is 0 Å². The summed E-state index contributed by atoms with van der Waals surface area (Å²) in [5, 5.41) is 23.0. The van der Waals surface area contributed by atoms with Crippen molar-refractivity contribution >= 4 is 11.9 Å². The Hall–Kier alpha value is -1.92. The molecule has 0 saturated heterocycles. The van der Waals surface area contributed by atoms with Crippen LogP contribution in [-0.2, 0) is 14.3 Å². The Morgan fingerprint density at radius 1 is 0.424 bits per heavy atom. The zero-order valence-electron chi connectivity index (χ0n) is 44.2. The Kier molecular flexibility index (Phi) is 54.1. The molecular formula is C60H113NO5. The minimum absolute atomic E-state index is 0.0000397. The Bertz CT molecular complexity index is 1070. The molecule has 0 rings (SSSR count). The normalized spacial score (nSPS) is 12.8. The summed E-state index contributed by atoms with van der Waals surface area (Å²) >= 11 is 0. The second-order valence-electron chi connectivity index (χ2n) is 20.0. The van der Waals surface area contributed by atoms with Crippen molar-refractivity contribution in [2.45, 2.75) is 321 Å². The Morgan fingerprint density at radius 2 is 0.773 bits per heavy atom. The summed E-state index contributed by atoms with van der Waals surface area (Å²) in [7, 11) is 0. The van der Waals surface area contributed by atoms with Crippen molar-refractivity contribution in [2.75, 3.05) is 13.2 Å². The van der Waals surface area contributed by atoms with Crippen LogP contribution in [0.2, 0.25) is 0 Å². The van der Waals surface area contributed by atoms with E-state index in [1.54, 1.807) is 6.08 Å². The van der Waals surface area contributed by atoms with E-state index in [2.05, 4.69) is 43.5 Å². The molecule has 3 N–H and O–H groups in total. The van der Waals surface area contributed by atoms with Crippen LogP contribution in [0.4, 0.5) is 0 Å². The molecule has 0 aromatic heterocycles. The fraction of sp³-hybridized carbons (Fsp3) is 0.867. The van der Waals surface area contributed by atoms with Crippen LogP contribution in [0.3, 0.4) is 0 Å². The van der Waals surface area contributed by atoms with E-state index in [1.807, 2.05) is 6.08 Å². The molecule has 0 aromatic carbocycles. The van der Waals surface area contributed by atoms with Crippen LogP contribution in [0.1, 0.15) is 309 Å². The highest BCUT2D eigenvalue weighted by atomic mass is 16.5. The summed E-state index contributed by atoms with van der Waals surface area (Å²) in [6.45, 7) is 4.85. The minimum atomic E-state index is -0.842. The van der Waals surface area contributed by atoms with E-state index in [0.717, 1.165) is 51.4 Å². The van der Waals surface area contributed by atoms with Crippen molar-refractivity contribution in [3.05, 3.63) is 36.5 Å². The number of aliphatic hydroxyl groups is 2. The monoisotopic (exact) mass is 928 g/mol. The van der Waals surface area contributed by atoms with Gasteiger partial charge in [-0.05, 0) is 57.8 Å². The van der Waals surface area contributed by atoms with Gasteiger partial charge in [-0.3, -0.25) is 9.59 Å². The highest BCUT2D eigenvalue weighted by Crippen LogP contribution is 2.17. The third-order valence-electron chi connectivity index (χ3n) is 13.4. The Labute approximate surface area is 411 Å². The van der Waals surface area contributed by atoms with Gasteiger partial charge >= 0.3 is 5.97 Å². The SMILES string of the molecule is CCCC/C=C\C/C=C\CCCCCCCC(=O)OCCCCCCCCCCCCCCCCCCCCCCCCCCC(=O)NC(CO)C(O)/C=C/CCCCCCCCCCC. The average Bonchev–Trinajstić information content (AvgIpc) is 3.32. The zero-order chi connectivity index (χ0) is 47.9. The first kappa shape index (κ1) is 64.1. The predicted molar refractivity (Wildman–Crippen MR) is 287 cm³/mol. The van der Waals surface area contributed by atoms with Crippen LogP contribution in [0.5, 0.6) is 0 Å². The summed E-state index contributed by atoms with van der Waals surface area (Å²) < 4.78 is 5.47. The number of rotatable bonds is 54. The van der Waals surface area contributed by atoms with Crippen LogP contribution < -0.4 is 5.32 Å². The molecular weight excluding hydrogens is 815 g/mol. The van der Waals surface area contributed by atoms with Crippen LogP contribution in [0, 0.1) is 0 Å². The molecule has 6 heteroatoms. The lowest BCUT2D eigenvalue weighted by molar-refractivity contribution is -0.143. The number of esters is 1. The van der Waals surface area contributed by atoms with E-state index in [9.17, 15) is 19.8 Å². The first-order valence-corrected chi connectivity index (χ1v) is 29.3. The van der Waals surface area contributed by atoms with E-state index in [-0.39, 0.29) is 18.5 Å². The molecule has 0 bridgehead atoms. The third kappa shape index (κ3) is 51.5. The molecule has 0 saturated carbocycles. The Balaban J connectivity index is 3.37. The maximum atomic E-state index is 12.4. The predicted octanol–water partition coefficient (Wildman–Crippen LogP) is 18.0. The van der Waals surface area contributed by atoms with Gasteiger partial charge in [0.15, 0.2) is 0 Å². The van der Waals surface area contributed by atoms with Gasteiger partial charge in [0.1, 0.15) is 0 Å². The average molecular weight is 929 g/mol. The minimum Gasteiger partial charge on any atom is -0.466 e. The van der Waals surface area contributed by atoms with Crippen molar-refractivity contribution in [1.29, 1.82) is 0 Å². The van der Waals surface area contributed by atoms with E-state index < -0.39 is 12.1 Å². The van der Waals surface area contributed by atoms with Crippen molar-refractivity contribution < 1.29 is 24.5 Å². The molecule has 2 unspecified atom stereocenters. The van der Waals surface area contributed by atoms with Gasteiger partial charge in [-0.1, -0.05) is 275 Å². The summed E-state index contributed by atoms with van der Waals surface area (Å²) in [6, 6.07) is -0.625. The molecule has 0 aromatic rings. The number of hydrogen-bond acceptors (Lipinski definition) is 5. The van der Waals surface area contributed by atoms with Gasteiger partial charge in [-0.25, -0.2) is 0 Å². The van der Waals surface area contributed by atoms with Crippen LogP contribution in [0.25, 0.3) is 0 Å². The summed E-state index contributed by atoms with van der Waals surface area (Å²) in [5.41, 5.74) is 0. The molecule has 388 valence electrons. The lowest BCUT2D eigenvalue weighted by atomic mass is 10.0. The molecule has 0 spiro atoms. The second-order valence-corrected chi connectivity index (χ2v) is 20.0. The van der Waals surface area contributed by atoms with Gasteiger partial charge in [0.05, 0.1) is 25.4 Å². The molecule has 66 heavy (non-hydrogen) atoms. The number of carbonyl (C=O) groups is 2. The quantitative estimate of drug-likeness (QED) is 0.0321. The molecule has 0 aliphatic rings. The Morgan fingerprint density at radius 3 is 1.20 bits per heavy atom. The maximum absolute atomic E-state index is 12.4. The van der Waals surface area contributed by atoms with Crippen LogP contribution in [-0.4, -0.2) is 47.4 Å². The van der Waals surface area contributed by atoms with Gasteiger partial charge in [-0.15, -0.1) is 0 Å². The topological polar surface area (TPSA) is 95.9 Å². The van der Waals surface area contributed by atoms with Crippen LogP contribution >= 0.6 is 0 Å². The molecule has 1 amide bonds. The summed E-state index contributed by atoms with van der Waals surface area (Å²) in [4.78, 5) is 24.4. The second kappa shape index (κ2) is 55.7. The smallest absolute Gasteiger partial charge is 0.305 e. The van der Waals surface area contributed by atoms with E-state index in [0.29, 0.717) is 19.4 Å². The number of aliphatic hydroxyl groups excluding tert-OH is 2. The van der Waals surface area contributed by atoms with Gasteiger partial charge in [0, 0.05) is 12.8 Å². The molecule has 2 atom stereocenters. The first-order valence-electron chi connectivity index (χ1n) is 29.3. The van der Waals surface area contributed by atoms with E-state index in [1.165, 1.54) is 231 Å². The molecule has 0 heterocycles.